The van der Waals surface area contributed by atoms with Crippen molar-refractivity contribution in [3.8, 4) is 5.69 Å². The number of piperidine rings is 1. The third-order valence-electron chi connectivity index (χ3n) is 7.02. The molecule has 2 aromatic carbocycles. The van der Waals surface area contributed by atoms with E-state index < -0.39 is 10.0 Å². The molecule has 2 aromatic heterocycles. The third kappa shape index (κ3) is 4.51. The first-order chi connectivity index (χ1) is 17.3. The molecule has 0 radical (unpaired) electrons. The third-order valence-corrected chi connectivity index (χ3v) is 8.88. The van der Waals surface area contributed by atoms with Crippen molar-refractivity contribution >= 4 is 26.6 Å². The molecule has 0 N–H and O–H groups in total. The molecule has 5 rings (SSSR count). The normalized spacial score (nSPS) is 15.3. The van der Waals surface area contributed by atoms with Gasteiger partial charge in [0.15, 0.2) is 0 Å². The summed E-state index contributed by atoms with van der Waals surface area (Å²) in [5, 5.41) is 9.72. The highest BCUT2D eigenvalue weighted by molar-refractivity contribution is 7.89. The fourth-order valence-corrected chi connectivity index (χ4v) is 6.33. The van der Waals surface area contributed by atoms with Gasteiger partial charge in [-0.3, -0.25) is 4.68 Å². The molecule has 36 heavy (non-hydrogen) atoms. The average Bonchev–Trinajstić information content (AvgIpc) is 3.51. The minimum Gasteiger partial charge on any atom is -0.371 e. The van der Waals surface area contributed by atoms with Gasteiger partial charge in [-0.15, -0.1) is 0 Å². The van der Waals surface area contributed by atoms with Gasteiger partial charge in [-0.05, 0) is 68.1 Å². The fraction of sp³-hybridized carbons (Fsp3) is 0.385. The van der Waals surface area contributed by atoms with Crippen LogP contribution in [0.2, 0.25) is 0 Å². The Bertz CT molecular complexity index is 1470. The van der Waals surface area contributed by atoms with E-state index in [-0.39, 0.29) is 16.8 Å². The molecule has 10 heteroatoms. The van der Waals surface area contributed by atoms with Crippen LogP contribution in [-0.2, 0) is 16.6 Å². The molecule has 4 aromatic rings. The van der Waals surface area contributed by atoms with Crippen LogP contribution in [0.25, 0.3) is 16.6 Å². The zero-order valence-electron chi connectivity index (χ0n) is 20.8. The average molecular weight is 511 g/mol. The summed E-state index contributed by atoms with van der Waals surface area (Å²) in [6, 6.07) is 10.5. The van der Waals surface area contributed by atoms with Crippen LogP contribution in [0.5, 0.6) is 0 Å². The molecule has 0 aliphatic carbocycles. The molecule has 0 spiro atoms. The number of hydrogen-bond acceptors (Lipinski definition) is 5. The van der Waals surface area contributed by atoms with E-state index in [1.165, 1.54) is 22.6 Å². The van der Waals surface area contributed by atoms with Gasteiger partial charge in [0.1, 0.15) is 10.7 Å². The van der Waals surface area contributed by atoms with E-state index in [9.17, 15) is 12.8 Å². The van der Waals surface area contributed by atoms with E-state index >= 15 is 0 Å². The smallest absolute Gasteiger partial charge is 0.246 e. The molecule has 0 atom stereocenters. The van der Waals surface area contributed by atoms with Gasteiger partial charge in [-0.2, -0.15) is 14.5 Å². The predicted octanol–water partition coefficient (Wildman–Crippen LogP) is 4.37. The Balaban J connectivity index is 1.31. The molecule has 0 unspecified atom stereocenters. The lowest BCUT2D eigenvalue weighted by atomic mass is 10.0. The van der Waals surface area contributed by atoms with Gasteiger partial charge >= 0.3 is 0 Å². The zero-order valence-corrected chi connectivity index (χ0v) is 21.6. The number of aryl methyl sites for hydroxylation is 2. The molecule has 1 aliphatic heterocycles. The molecule has 190 valence electrons. The van der Waals surface area contributed by atoms with Crippen LogP contribution < -0.4 is 4.90 Å². The topological polar surface area (TPSA) is 76.3 Å². The van der Waals surface area contributed by atoms with Gasteiger partial charge in [0.2, 0.25) is 10.0 Å². The van der Waals surface area contributed by atoms with Crippen LogP contribution in [0.3, 0.4) is 0 Å². The van der Waals surface area contributed by atoms with Crippen LogP contribution in [0, 0.1) is 12.7 Å². The first-order valence-electron chi connectivity index (χ1n) is 12.3. The van der Waals surface area contributed by atoms with Crippen LogP contribution in [0.4, 0.5) is 10.1 Å². The van der Waals surface area contributed by atoms with Gasteiger partial charge in [0.05, 0.1) is 23.6 Å². The molecule has 8 nitrogen and oxygen atoms in total. The second-order valence-corrected chi connectivity index (χ2v) is 11.4. The maximum atomic E-state index is 13.3. The van der Waals surface area contributed by atoms with Gasteiger partial charge in [-0.25, -0.2) is 17.5 Å². The summed E-state index contributed by atoms with van der Waals surface area (Å²) >= 11 is 0. The standard InChI is InChI=1S/C26H31FN6O2S/c1-4-11-32-18-24(17-28-32)36(34,35)30(3)22-9-12-31(13-10-22)25-15-20-16-29-33(26(20)14-19(25)2)23-7-5-21(27)6-8-23/h5-8,14-18,22H,4,9-13H2,1-3H3. The summed E-state index contributed by atoms with van der Waals surface area (Å²) in [5.41, 5.74) is 4.02. The molecule has 3 heterocycles. The molecular weight excluding hydrogens is 479 g/mol. The van der Waals surface area contributed by atoms with Crippen molar-refractivity contribution in [3.63, 3.8) is 0 Å². The Morgan fingerprint density at radius 3 is 2.50 bits per heavy atom. The molecule has 1 saturated heterocycles. The minimum absolute atomic E-state index is 0.0639. The number of anilines is 1. The molecule has 0 bridgehead atoms. The van der Waals surface area contributed by atoms with Crippen molar-refractivity contribution in [1.82, 2.24) is 23.9 Å². The summed E-state index contributed by atoms with van der Waals surface area (Å²) in [7, 11) is -1.91. The van der Waals surface area contributed by atoms with Gasteiger partial charge < -0.3 is 4.90 Å². The molecule has 0 saturated carbocycles. The molecular formula is C26H31FN6O2S. The van der Waals surface area contributed by atoms with Crippen molar-refractivity contribution in [1.29, 1.82) is 0 Å². The summed E-state index contributed by atoms with van der Waals surface area (Å²) in [6.07, 6.45) is 7.27. The van der Waals surface area contributed by atoms with E-state index in [0.717, 1.165) is 60.2 Å². The Hall–Kier alpha value is -3.24. The van der Waals surface area contributed by atoms with E-state index in [1.807, 2.05) is 17.8 Å². The summed E-state index contributed by atoms with van der Waals surface area (Å²) in [4.78, 5) is 2.57. The van der Waals surface area contributed by atoms with E-state index in [1.54, 1.807) is 30.1 Å². The van der Waals surface area contributed by atoms with E-state index in [0.29, 0.717) is 6.54 Å². The highest BCUT2D eigenvalue weighted by atomic mass is 32.2. The number of benzene rings is 2. The van der Waals surface area contributed by atoms with Crippen LogP contribution in [0.1, 0.15) is 31.7 Å². The summed E-state index contributed by atoms with van der Waals surface area (Å²) in [6.45, 7) is 6.33. The number of aromatic nitrogens is 4. The first kappa shape index (κ1) is 24.5. The minimum atomic E-state index is -3.58. The Labute approximate surface area is 211 Å². The monoisotopic (exact) mass is 510 g/mol. The lowest BCUT2D eigenvalue weighted by Crippen LogP contribution is -2.45. The second kappa shape index (κ2) is 9.67. The van der Waals surface area contributed by atoms with E-state index in [2.05, 4.69) is 34.2 Å². The lowest BCUT2D eigenvalue weighted by molar-refractivity contribution is 0.312. The quantitative estimate of drug-likeness (QED) is 0.369. The number of hydrogen-bond donors (Lipinski definition) is 0. The van der Waals surface area contributed by atoms with Gasteiger partial charge in [0.25, 0.3) is 0 Å². The van der Waals surface area contributed by atoms with Crippen molar-refractivity contribution in [2.75, 3.05) is 25.0 Å². The zero-order chi connectivity index (χ0) is 25.4. The van der Waals surface area contributed by atoms with Crippen LogP contribution in [-0.4, -0.2) is 58.5 Å². The largest absolute Gasteiger partial charge is 0.371 e. The Morgan fingerprint density at radius 1 is 1.08 bits per heavy atom. The lowest BCUT2D eigenvalue weighted by Gasteiger charge is -2.37. The van der Waals surface area contributed by atoms with Gasteiger partial charge in [0, 0.05) is 50.0 Å². The SMILES string of the molecule is CCCn1cc(S(=O)(=O)N(C)C2CCN(c3cc4cnn(-c5ccc(F)cc5)c4cc3C)CC2)cn1. The molecule has 1 fully saturated rings. The number of sulfonamides is 1. The summed E-state index contributed by atoms with van der Waals surface area (Å²) in [5.74, 6) is -0.276. The first-order valence-corrected chi connectivity index (χ1v) is 13.7. The van der Waals surface area contributed by atoms with Crippen LogP contribution >= 0.6 is 0 Å². The summed E-state index contributed by atoms with van der Waals surface area (Å²) < 4.78 is 44.7. The number of rotatable bonds is 7. The number of nitrogens with zero attached hydrogens (tertiary/aromatic N) is 6. The van der Waals surface area contributed by atoms with Crippen LogP contribution in [0.15, 0.2) is 59.9 Å². The maximum absolute atomic E-state index is 13.3. The highest BCUT2D eigenvalue weighted by Crippen LogP contribution is 2.31. The molecule has 1 aliphatic rings. The maximum Gasteiger partial charge on any atom is 0.246 e. The van der Waals surface area contributed by atoms with E-state index in [4.69, 9.17) is 0 Å². The van der Waals surface area contributed by atoms with Crippen molar-refractivity contribution in [3.05, 3.63) is 66.4 Å². The Kier molecular flexibility index (Phi) is 6.57. The predicted molar refractivity (Wildman–Crippen MR) is 138 cm³/mol. The number of fused-ring (bicyclic) bond motifs is 1. The van der Waals surface area contributed by atoms with Crippen molar-refractivity contribution < 1.29 is 12.8 Å². The van der Waals surface area contributed by atoms with Gasteiger partial charge in [-0.1, -0.05) is 6.92 Å². The van der Waals surface area contributed by atoms with Crippen molar-refractivity contribution in [2.24, 2.45) is 0 Å². The second-order valence-electron chi connectivity index (χ2n) is 9.41. The number of halogens is 1. The molecule has 0 amide bonds. The fourth-order valence-electron chi connectivity index (χ4n) is 4.96. The highest BCUT2D eigenvalue weighted by Gasteiger charge is 2.32. The Morgan fingerprint density at radius 2 is 1.81 bits per heavy atom. The van der Waals surface area contributed by atoms with Crippen molar-refractivity contribution in [2.45, 2.75) is 50.6 Å².